The Morgan fingerprint density at radius 1 is 1.18 bits per heavy atom. The number of carbonyl (C=O) groups excluding carboxylic acids is 2. The van der Waals surface area contributed by atoms with Crippen LogP contribution in [0.2, 0.25) is 0 Å². The zero-order valence-corrected chi connectivity index (χ0v) is 17.4. The van der Waals surface area contributed by atoms with Gasteiger partial charge in [-0.05, 0) is 37.1 Å². The van der Waals surface area contributed by atoms with E-state index < -0.39 is 0 Å². The molecule has 3 fully saturated rings. The first kappa shape index (κ1) is 19.9. The molecule has 1 atom stereocenters. The highest BCUT2D eigenvalue weighted by Crippen LogP contribution is 2.30. The van der Waals surface area contributed by atoms with Gasteiger partial charge in [0, 0.05) is 45.2 Å². The van der Waals surface area contributed by atoms with E-state index in [1.54, 1.807) is 0 Å². The summed E-state index contributed by atoms with van der Waals surface area (Å²) in [6, 6.07) is 3.98. The van der Waals surface area contributed by atoms with Crippen LogP contribution in [0.1, 0.15) is 41.8 Å². The first-order chi connectivity index (χ1) is 13.7. The van der Waals surface area contributed by atoms with Gasteiger partial charge in [-0.1, -0.05) is 12.5 Å². The van der Waals surface area contributed by atoms with Crippen LogP contribution in [0.3, 0.4) is 0 Å². The number of nitrogens with zero attached hydrogens (tertiary/aromatic N) is 3. The Balaban J connectivity index is 1.34. The van der Waals surface area contributed by atoms with Gasteiger partial charge in [0.25, 0.3) is 5.91 Å². The quantitative estimate of drug-likeness (QED) is 0.699. The molecule has 1 aromatic heterocycles. The summed E-state index contributed by atoms with van der Waals surface area (Å²) in [7, 11) is 0. The second-order valence-corrected chi connectivity index (χ2v) is 9.09. The number of likely N-dealkylation sites (tertiary alicyclic amines) is 1. The van der Waals surface area contributed by atoms with Gasteiger partial charge in [-0.3, -0.25) is 14.5 Å². The van der Waals surface area contributed by atoms with E-state index in [0.717, 1.165) is 76.5 Å². The molecular formula is C21H31N3O3S. The molecule has 1 aliphatic carbocycles. The normalized spacial score (nSPS) is 23.6. The summed E-state index contributed by atoms with van der Waals surface area (Å²) < 4.78 is 5.42. The first-order valence-electron chi connectivity index (χ1n) is 10.7. The van der Waals surface area contributed by atoms with Crippen molar-refractivity contribution in [1.82, 2.24) is 14.7 Å². The van der Waals surface area contributed by atoms with Crippen LogP contribution in [0, 0.1) is 5.92 Å². The summed E-state index contributed by atoms with van der Waals surface area (Å²) in [5.74, 6) is 0.649. The standard InChI is InChI=1S/C21H31N3O3S/c25-20(17-4-1-5-17)24(9-3-8-22-11-13-27-14-12-22)18-7-10-23(16-18)21(26)19-6-2-15-28-19/h2,6,15,17-18H,1,3-5,7-14,16H2. The molecule has 1 saturated carbocycles. The minimum Gasteiger partial charge on any atom is -0.379 e. The topological polar surface area (TPSA) is 53.1 Å². The summed E-state index contributed by atoms with van der Waals surface area (Å²) >= 11 is 1.49. The fourth-order valence-electron chi connectivity index (χ4n) is 4.39. The predicted octanol–water partition coefficient (Wildman–Crippen LogP) is 2.31. The van der Waals surface area contributed by atoms with Gasteiger partial charge < -0.3 is 14.5 Å². The zero-order valence-electron chi connectivity index (χ0n) is 16.6. The number of thiophene rings is 1. The molecule has 3 aliphatic rings. The highest BCUT2D eigenvalue weighted by Gasteiger charge is 2.37. The van der Waals surface area contributed by atoms with Crippen molar-refractivity contribution in [3.8, 4) is 0 Å². The predicted molar refractivity (Wildman–Crippen MR) is 110 cm³/mol. The van der Waals surface area contributed by atoms with E-state index in [2.05, 4.69) is 9.80 Å². The molecular weight excluding hydrogens is 374 g/mol. The van der Waals surface area contributed by atoms with E-state index >= 15 is 0 Å². The molecule has 3 heterocycles. The second-order valence-electron chi connectivity index (χ2n) is 8.14. The van der Waals surface area contributed by atoms with Crippen molar-refractivity contribution in [1.29, 1.82) is 0 Å². The minimum atomic E-state index is 0.113. The summed E-state index contributed by atoms with van der Waals surface area (Å²) in [5.41, 5.74) is 0. The van der Waals surface area contributed by atoms with E-state index in [-0.39, 0.29) is 17.9 Å². The van der Waals surface area contributed by atoms with Crippen LogP contribution >= 0.6 is 11.3 Å². The van der Waals surface area contributed by atoms with Crippen molar-refractivity contribution in [2.24, 2.45) is 5.92 Å². The zero-order chi connectivity index (χ0) is 19.3. The number of ether oxygens (including phenoxy) is 1. The van der Waals surface area contributed by atoms with Crippen LogP contribution in [0.4, 0.5) is 0 Å². The fraction of sp³-hybridized carbons (Fsp3) is 0.714. The van der Waals surface area contributed by atoms with Crippen LogP contribution in [-0.2, 0) is 9.53 Å². The highest BCUT2D eigenvalue weighted by atomic mass is 32.1. The third-order valence-electron chi connectivity index (χ3n) is 6.34. The lowest BCUT2D eigenvalue weighted by Gasteiger charge is -2.36. The van der Waals surface area contributed by atoms with Crippen molar-refractivity contribution in [3.05, 3.63) is 22.4 Å². The Kier molecular flexibility index (Phi) is 6.65. The van der Waals surface area contributed by atoms with E-state index in [4.69, 9.17) is 4.74 Å². The van der Waals surface area contributed by atoms with Gasteiger partial charge in [0.05, 0.1) is 24.1 Å². The molecule has 0 bridgehead atoms. The van der Waals surface area contributed by atoms with Crippen LogP contribution in [0.5, 0.6) is 0 Å². The molecule has 1 aromatic rings. The van der Waals surface area contributed by atoms with Crippen LogP contribution in [0.25, 0.3) is 0 Å². The maximum absolute atomic E-state index is 13.1. The number of rotatable bonds is 7. The molecule has 6 nitrogen and oxygen atoms in total. The minimum absolute atomic E-state index is 0.113. The highest BCUT2D eigenvalue weighted by molar-refractivity contribution is 7.12. The van der Waals surface area contributed by atoms with Gasteiger partial charge in [-0.25, -0.2) is 0 Å². The van der Waals surface area contributed by atoms with Crippen molar-refractivity contribution < 1.29 is 14.3 Å². The number of morpholine rings is 1. The number of hydrogen-bond donors (Lipinski definition) is 0. The van der Waals surface area contributed by atoms with E-state index in [9.17, 15) is 9.59 Å². The molecule has 0 N–H and O–H groups in total. The van der Waals surface area contributed by atoms with Gasteiger partial charge in [0.15, 0.2) is 0 Å². The molecule has 28 heavy (non-hydrogen) atoms. The molecule has 0 spiro atoms. The van der Waals surface area contributed by atoms with Crippen molar-refractivity contribution in [2.45, 2.75) is 38.1 Å². The number of amides is 2. The smallest absolute Gasteiger partial charge is 0.263 e. The molecule has 0 radical (unpaired) electrons. The monoisotopic (exact) mass is 405 g/mol. The summed E-state index contributed by atoms with van der Waals surface area (Å²) in [6.07, 6.45) is 5.12. The molecule has 154 valence electrons. The first-order valence-corrected chi connectivity index (χ1v) is 11.5. The third-order valence-corrected chi connectivity index (χ3v) is 7.20. The lowest BCUT2D eigenvalue weighted by atomic mass is 9.84. The van der Waals surface area contributed by atoms with Gasteiger partial charge >= 0.3 is 0 Å². The fourth-order valence-corrected chi connectivity index (χ4v) is 5.08. The van der Waals surface area contributed by atoms with Gasteiger partial charge in [-0.15, -0.1) is 11.3 Å². The van der Waals surface area contributed by atoms with Crippen molar-refractivity contribution >= 4 is 23.2 Å². The SMILES string of the molecule is O=C(c1cccs1)N1CCC(N(CCCN2CCOCC2)C(=O)C2CCC2)C1. The number of carbonyl (C=O) groups is 2. The van der Waals surface area contributed by atoms with Crippen LogP contribution in [0.15, 0.2) is 17.5 Å². The van der Waals surface area contributed by atoms with Crippen LogP contribution in [-0.4, -0.2) is 85.0 Å². The van der Waals surface area contributed by atoms with Gasteiger partial charge in [0.2, 0.25) is 5.91 Å². The molecule has 2 saturated heterocycles. The third kappa shape index (κ3) is 4.58. The maximum Gasteiger partial charge on any atom is 0.263 e. The maximum atomic E-state index is 13.1. The molecule has 2 aliphatic heterocycles. The Labute approximate surface area is 171 Å². The molecule has 0 aromatic carbocycles. The van der Waals surface area contributed by atoms with E-state index in [1.807, 2.05) is 22.4 Å². The average molecular weight is 406 g/mol. The van der Waals surface area contributed by atoms with Crippen LogP contribution < -0.4 is 0 Å². The van der Waals surface area contributed by atoms with E-state index in [0.29, 0.717) is 12.5 Å². The Hall–Kier alpha value is -1.44. The van der Waals surface area contributed by atoms with Crippen molar-refractivity contribution in [2.75, 3.05) is 52.5 Å². The van der Waals surface area contributed by atoms with Crippen molar-refractivity contribution in [3.63, 3.8) is 0 Å². The number of hydrogen-bond acceptors (Lipinski definition) is 5. The summed E-state index contributed by atoms with van der Waals surface area (Å²) in [4.78, 5) is 33.0. The lowest BCUT2D eigenvalue weighted by molar-refractivity contribution is -0.140. The average Bonchev–Trinajstić information content (AvgIpc) is 3.36. The largest absolute Gasteiger partial charge is 0.379 e. The van der Waals surface area contributed by atoms with Gasteiger partial charge in [0.1, 0.15) is 0 Å². The molecule has 1 unspecified atom stereocenters. The Morgan fingerprint density at radius 2 is 2.00 bits per heavy atom. The molecule has 4 rings (SSSR count). The lowest BCUT2D eigenvalue weighted by Crippen LogP contribution is -2.48. The summed E-state index contributed by atoms with van der Waals surface area (Å²) in [5, 5.41) is 1.94. The molecule has 2 amide bonds. The second kappa shape index (κ2) is 9.37. The van der Waals surface area contributed by atoms with E-state index in [1.165, 1.54) is 17.8 Å². The summed E-state index contributed by atoms with van der Waals surface area (Å²) in [6.45, 7) is 6.85. The Bertz CT molecular complexity index is 656. The van der Waals surface area contributed by atoms with Gasteiger partial charge in [-0.2, -0.15) is 0 Å². The molecule has 7 heteroatoms. The Morgan fingerprint density at radius 3 is 2.68 bits per heavy atom.